The van der Waals surface area contributed by atoms with Crippen LogP contribution in [0.25, 0.3) is 0 Å². The van der Waals surface area contributed by atoms with E-state index < -0.39 is 28.0 Å². The summed E-state index contributed by atoms with van der Waals surface area (Å²) in [7, 11) is -1.87. The second-order valence-electron chi connectivity index (χ2n) is 6.78. The van der Waals surface area contributed by atoms with Gasteiger partial charge in [0.15, 0.2) is 0 Å². The molecule has 1 aliphatic heterocycles. The lowest BCUT2D eigenvalue weighted by Gasteiger charge is -2.23. The molecule has 1 heterocycles. The minimum absolute atomic E-state index is 0.0815. The maximum absolute atomic E-state index is 13.2. The number of rotatable bonds is 7. The molecule has 29 heavy (non-hydrogen) atoms. The van der Waals surface area contributed by atoms with E-state index in [0.717, 1.165) is 30.7 Å². The Morgan fingerprint density at radius 2 is 1.69 bits per heavy atom. The molecule has 0 saturated carbocycles. The van der Waals surface area contributed by atoms with E-state index in [1.54, 1.807) is 0 Å². The zero-order chi connectivity index (χ0) is 21.8. The highest BCUT2D eigenvalue weighted by atomic mass is 32.2. The minimum Gasteiger partial charge on any atom is -0.465 e. The Morgan fingerprint density at radius 3 is 2.17 bits per heavy atom. The van der Waals surface area contributed by atoms with Gasteiger partial charge in [-0.1, -0.05) is 13.8 Å². The van der Waals surface area contributed by atoms with E-state index in [2.05, 4.69) is 14.8 Å². The number of ether oxygens (including phenoxy) is 2. The summed E-state index contributed by atoms with van der Waals surface area (Å²) in [5, 5.41) is 2.75. The Hall–Kier alpha value is -2.11. The highest BCUT2D eigenvalue weighted by Gasteiger charge is 2.40. The van der Waals surface area contributed by atoms with Gasteiger partial charge in [0.2, 0.25) is 15.9 Å². The highest BCUT2D eigenvalue weighted by molar-refractivity contribution is 8.00. The Morgan fingerprint density at radius 1 is 1.14 bits per heavy atom. The van der Waals surface area contributed by atoms with Crippen LogP contribution in [0.5, 0.6) is 0 Å². The van der Waals surface area contributed by atoms with Gasteiger partial charge in [0, 0.05) is 12.3 Å². The lowest BCUT2D eigenvalue weighted by Crippen LogP contribution is -2.47. The number of nitrogens with one attached hydrogen (secondary N) is 1. The number of methoxy groups -OCH3 is 2. The van der Waals surface area contributed by atoms with Crippen molar-refractivity contribution in [1.29, 1.82) is 0 Å². The van der Waals surface area contributed by atoms with Gasteiger partial charge in [-0.3, -0.25) is 4.79 Å². The van der Waals surface area contributed by atoms with Crippen LogP contribution < -0.4 is 5.32 Å². The lowest BCUT2D eigenvalue weighted by molar-refractivity contribution is -0.123. The fourth-order valence-electron chi connectivity index (χ4n) is 2.65. The zero-order valence-corrected chi connectivity index (χ0v) is 18.3. The van der Waals surface area contributed by atoms with Crippen LogP contribution in [0, 0.1) is 5.92 Å². The maximum atomic E-state index is 13.2. The first-order chi connectivity index (χ1) is 13.6. The van der Waals surface area contributed by atoms with Crippen molar-refractivity contribution in [3.8, 4) is 0 Å². The summed E-state index contributed by atoms with van der Waals surface area (Å²) in [5.74, 6) is -1.37. The molecule has 0 bridgehead atoms. The molecule has 1 aromatic carbocycles. The fraction of sp³-hybridized carbons (Fsp3) is 0.500. The number of hydrogen-bond acceptors (Lipinski definition) is 8. The van der Waals surface area contributed by atoms with Crippen LogP contribution in [0.1, 0.15) is 34.6 Å². The number of hydrogen-bond donors (Lipinski definition) is 1. The van der Waals surface area contributed by atoms with Crippen molar-refractivity contribution in [2.45, 2.75) is 24.8 Å². The number of benzene rings is 1. The number of carbonyl (C=O) groups is 3. The molecular formula is C18H24N2O7S2. The van der Waals surface area contributed by atoms with Crippen LogP contribution >= 0.6 is 11.8 Å². The normalized spacial score (nSPS) is 17.2. The molecular weight excluding hydrogens is 420 g/mol. The number of carbonyl (C=O) groups excluding carboxylic acids is 3. The SMILES string of the molecule is COC(=O)c1cc(C(=O)OC)cc(S(=O)(=O)N2CSCC2C(=O)NCC(C)C)c1. The average Bonchev–Trinajstić information content (AvgIpc) is 3.21. The Bertz CT molecular complexity index is 865. The Balaban J connectivity index is 2.44. The molecule has 1 aromatic rings. The molecule has 1 aliphatic rings. The van der Waals surface area contributed by atoms with Gasteiger partial charge in [0.25, 0.3) is 0 Å². The van der Waals surface area contributed by atoms with Crippen LogP contribution in [0.2, 0.25) is 0 Å². The largest absolute Gasteiger partial charge is 0.465 e. The predicted molar refractivity (Wildman–Crippen MR) is 107 cm³/mol. The molecule has 1 amide bonds. The first kappa shape index (κ1) is 23.2. The molecule has 1 N–H and O–H groups in total. The second-order valence-corrected chi connectivity index (χ2v) is 9.67. The molecule has 2 rings (SSSR count). The number of amides is 1. The summed E-state index contributed by atoms with van der Waals surface area (Å²) in [4.78, 5) is 36.1. The van der Waals surface area contributed by atoms with Crippen molar-refractivity contribution in [3.05, 3.63) is 29.3 Å². The van der Waals surface area contributed by atoms with E-state index in [4.69, 9.17) is 0 Å². The summed E-state index contributed by atoms with van der Waals surface area (Å²) in [6.45, 7) is 4.30. The fourth-order valence-corrected chi connectivity index (χ4v) is 5.87. The first-order valence-electron chi connectivity index (χ1n) is 8.80. The van der Waals surface area contributed by atoms with Gasteiger partial charge in [0.05, 0.1) is 36.1 Å². The van der Waals surface area contributed by atoms with Gasteiger partial charge >= 0.3 is 11.9 Å². The monoisotopic (exact) mass is 444 g/mol. The second kappa shape index (κ2) is 9.59. The van der Waals surface area contributed by atoms with E-state index in [1.165, 1.54) is 17.8 Å². The van der Waals surface area contributed by atoms with Crippen LogP contribution in [0.15, 0.2) is 23.1 Å². The van der Waals surface area contributed by atoms with Crippen LogP contribution in [0.4, 0.5) is 0 Å². The van der Waals surface area contributed by atoms with E-state index in [9.17, 15) is 22.8 Å². The first-order valence-corrected chi connectivity index (χ1v) is 11.4. The third-order valence-electron chi connectivity index (χ3n) is 4.18. The Labute approximate surface area is 174 Å². The quantitative estimate of drug-likeness (QED) is 0.621. The summed E-state index contributed by atoms with van der Waals surface area (Å²) in [6.07, 6.45) is 0. The zero-order valence-electron chi connectivity index (χ0n) is 16.6. The molecule has 11 heteroatoms. The lowest BCUT2D eigenvalue weighted by atomic mass is 10.1. The summed E-state index contributed by atoms with van der Waals surface area (Å²) >= 11 is 1.31. The molecule has 0 aliphatic carbocycles. The average molecular weight is 445 g/mol. The van der Waals surface area contributed by atoms with Crippen molar-refractivity contribution in [1.82, 2.24) is 9.62 Å². The van der Waals surface area contributed by atoms with Crippen LogP contribution in [0.3, 0.4) is 0 Å². The summed E-state index contributed by atoms with van der Waals surface area (Å²) in [5.41, 5.74) is -0.219. The minimum atomic E-state index is -4.16. The smallest absolute Gasteiger partial charge is 0.337 e. The van der Waals surface area contributed by atoms with Crippen LogP contribution in [-0.2, 0) is 24.3 Å². The summed E-state index contributed by atoms with van der Waals surface area (Å²) in [6, 6.07) is 2.56. The van der Waals surface area contributed by atoms with Gasteiger partial charge in [-0.05, 0) is 24.1 Å². The number of esters is 2. The van der Waals surface area contributed by atoms with Crippen molar-refractivity contribution in [3.63, 3.8) is 0 Å². The van der Waals surface area contributed by atoms with E-state index >= 15 is 0 Å². The summed E-state index contributed by atoms with van der Waals surface area (Å²) < 4.78 is 36.8. The number of nitrogens with zero attached hydrogens (tertiary/aromatic N) is 1. The Kier molecular flexibility index (Phi) is 7.66. The number of sulfonamides is 1. The van der Waals surface area contributed by atoms with E-state index in [-0.39, 0.29) is 33.7 Å². The molecule has 1 saturated heterocycles. The van der Waals surface area contributed by atoms with Gasteiger partial charge in [-0.15, -0.1) is 11.8 Å². The van der Waals surface area contributed by atoms with Gasteiger partial charge in [-0.25, -0.2) is 18.0 Å². The molecule has 9 nitrogen and oxygen atoms in total. The standard InChI is InChI=1S/C18H24N2O7S2/c1-11(2)8-19-16(21)15-9-28-10-20(15)29(24,25)14-6-12(17(22)26-3)5-13(7-14)18(23)27-4/h5-7,11,15H,8-10H2,1-4H3,(H,19,21). The maximum Gasteiger partial charge on any atom is 0.337 e. The topological polar surface area (TPSA) is 119 Å². The van der Waals surface area contributed by atoms with Crippen molar-refractivity contribution >= 4 is 39.6 Å². The molecule has 160 valence electrons. The number of thioether (sulfide) groups is 1. The molecule has 1 fully saturated rings. The van der Waals surface area contributed by atoms with Gasteiger partial charge < -0.3 is 14.8 Å². The van der Waals surface area contributed by atoms with Crippen molar-refractivity contribution < 1.29 is 32.3 Å². The van der Waals surface area contributed by atoms with Crippen molar-refractivity contribution in [2.24, 2.45) is 5.92 Å². The molecule has 1 atom stereocenters. The highest BCUT2D eigenvalue weighted by Crippen LogP contribution is 2.29. The van der Waals surface area contributed by atoms with Crippen LogP contribution in [-0.4, -0.2) is 69.0 Å². The van der Waals surface area contributed by atoms with Gasteiger partial charge in [0.1, 0.15) is 6.04 Å². The van der Waals surface area contributed by atoms with E-state index in [0.29, 0.717) is 12.3 Å². The van der Waals surface area contributed by atoms with E-state index in [1.807, 2.05) is 13.8 Å². The predicted octanol–water partition coefficient (Wildman–Crippen LogP) is 1.10. The molecule has 0 radical (unpaired) electrons. The van der Waals surface area contributed by atoms with Crippen molar-refractivity contribution in [2.75, 3.05) is 32.4 Å². The molecule has 0 spiro atoms. The molecule has 0 aromatic heterocycles. The molecule has 1 unspecified atom stereocenters. The third-order valence-corrected chi connectivity index (χ3v) is 7.19. The third kappa shape index (κ3) is 5.28. The van der Waals surface area contributed by atoms with Gasteiger partial charge in [-0.2, -0.15) is 4.31 Å².